The van der Waals surface area contributed by atoms with Crippen LogP contribution in [0.1, 0.15) is 49.6 Å². The Balaban J connectivity index is 1.58. The Hall–Kier alpha value is -1.66. The molecule has 0 aliphatic carbocycles. The molecule has 26 heavy (non-hydrogen) atoms. The van der Waals surface area contributed by atoms with Crippen molar-refractivity contribution in [1.82, 2.24) is 13.9 Å². The first-order valence-corrected chi connectivity index (χ1v) is 11.0. The molecule has 1 aliphatic rings. The van der Waals surface area contributed by atoms with E-state index in [0.717, 1.165) is 36.3 Å². The predicted molar refractivity (Wildman–Crippen MR) is 104 cm³/mol. The zero-order valence-electron chi connectivity index (χ0n) is 15.9. The summed E-state index contributed by atoms with van der Waals surface area (Å²) in [6.07, 6.45) is 5.71. The second-order valence-electron chi connectivity index (χ2n) is 7.68. The molecule has 2 heterocycles. The van der Waals surface area contributed by atoms with E-state index in [1.54, 1.807) is 4.31 Å². The largest absolute Gasteiger partial charge is 0.334 e. The lowest BCUT2D eigenvalue weighted by atomic mass is 9.98. The molecule has 0 saturated carbocycles. The van der Waals surface area contributed by atoms with Gasteiger partial charge < -0.3 is 4.57 Å². The van der Waals surface area contributed by atoms with E-state index in [4.69, 9.17) is 0 Å². The Labute approximate surface area is 157 Å². The third-order valence-corrected chi connectivity index (χ3v) is 6.97. The molecule has 1 fully saturated rings. The van der Waals surface area contributed by atoms with Crippen LogP contribution >= 0.6 is 0 Å². The van der Waals surface area contributed by atoms with Crippen molar-refractivity contribution in [2.24, 2.45) is 5.92 Å². The first-order chi connectivity index (χ1) is 12.3. The molecule has 0 unspecified atom stereocenters. The van der Waals surface area contributed by atoms with Gasteiger partial charge in [0.1, 0.15) is 5.82 Å². The number of aryl methyl sites for hydroxylation is 1. The SMILES string of the molecule is Cc1cccc(CS(=O)(=O)N2CCC(Cn3ccnc3C(C)C)CC2)c1. The number of benzene rings is 1. The summed E-state index contributed by atoms with van der Waals surface area (Å²) in [5.41, 5.74) is 1.96. The van der Waals surface area contributed by atoms with Crippen LogP contribution in [0.2, 0.25) is 0 Å². The summed E-state index contributed by atoms with van der Waals surface area (Å²) in [5, 5.41) is 0. The van der Waals surface area contributed by atoms with Gasteiger partial charge in [-0.15, -0.1) is 0 Å². The lowest BCUT2D eigenvalue weighted by molar-refractivity contribution is 0.250. The zero-order chi connectivity index (χ0) is 18.7. The number of sulfonamides is 1. The second-order valence-corrected chi connectivity index (χ2v) is 9.65. The number of hydrogen-bond acceptors (Lipinski definition) is 3. The summed E-state index contributed by atoms with van der Waals surface area (Å²) < 4.78 is 29.4. The lowest BCUT2D eigenvalue weighted by Crippen LogP contribution is -2.40. The molecule has 0 bridgehead atoms. The third-order valence-electron chi connectivity index (χ3n) is 5.12. The fourth-order valence-corrected chi connectivity index (χ4v) is 5.28. The molecular weight excluding hydrogens is 346 g/mol. The van der Waals surface area contributed by atoms with Gasteiger partial charge in [-0.1, -0.05) is 43.7 Å². The maximum Gasteiger partial charge on any atom is 0.218 e. The van der Waals surface area contributed by atoms with Crippen molar-refractivity contribution < 1.29 is 8.42 Å². The van der Waals surface area contributed by atoms with Crippen molar-refractivity contribution >= 4 is 10.0 Å². The first kappa shape index (κ1) is 19.1. The van der Waals surface area contributed by atoms with Crippen molar-refractivity contribution in [3.05, 3.63) is 53.6 Å². The van der Waals surface area contributed by atoms with Crippen LogP contribution in [0.3, 0.4) is 0 Å². The normalized spacial score (nSPS) is 17.1. The molecule has 0 N–H and O–H groups in total. The Bertz CT molecular complexity index is 834. The summed E-state index contributed by atoms with van der Waals surface area (Å²) in [4.78, 5) is 4.45. The van der Waals surface area contributed by atoms with E-state index in [0.29, 0.717) is 24.9 Å². The van der Waals surface area contributed by atoms with Gasteiger partial charge >= 0.3 is 0 Å². The van der Waals surface area contributed by atoms with Crippen LogP contribution in [0.4, 0.5) is 0 Å². The van der Waals surface area contributed by atoms with E-state index >= 15 is 0 Å². The number of piperidine rings is 1. The smallest absolute Gasteiger partial charge is 0.218 e. The summed E-state index contributed by atoms with van der Waals surface area (Å²) in [6, 6.07) is 7.76. The molecule has 0 spiro atoms. The van der Waals surface area contributed by atoms with Gasteiger partial charge in [0.05, 0.1) is 5.75 Å². The predicted octanol–water partition coefficient (Wildman–Crippen LogP) is 3.56. The maximum atomic E-state index is 12.7. The van der Waals surface area contributed by atoms with Crippen molar-refractivity contribution in [1.29, 1.82) is 0 Å². The van der Waals surface area contributed by atoms with Gasteiger partial charge in [0.15, 0.2) is 0 Å². The fourth-order valence-electron chi connectivity index (χ4n) is 3.73. The fraction of sp³-hybridized carbons (Fsp3) is 0.550. The average molecular weight is 376 g/mol. The highest BCUT2D eigenvalue weighted by atomic mass is 32.2. The minimum atomic E-state index is -3.25. The van der Waals surface area contributed by atoms with Crippen LogP contribution in [0.5, 0.6) is 0 Å². The summed E-state index contributed by atoms with van der Waals surface area (Å²) in [5.74, 6) is 2.12. The quantitative estimate of drug-likeness (QED) is 0.776. The summed E-state index contributed by atoms with van der Waals surface area (Å²) in [7, 11) is -3.25. The van der Waals surface area contributed by atoms with Gasteiger partial charge in [0.2, 0.25) is 10.0 Å². The number of rotatable bonds is 6. The molecule has 1 aromatic heterocycles. The number of hydrogen-bond donors (Lipinski definition) is 0. The molecule has 0 radical (unpaired) electrons. The molecule has 3 rings (SSSR count). The Morgan fingerprint density at radius 2 is 1.96 bits per heavy atom. The van der Waals surface area contributed by atoms with Crippen molar-refractivity contribution in [3.8, 4) is 0 Å². The van der Waals surface area contributed by atoms with E-state index < -0.39 is 10.0 Å². The molecule has 0 atom stereocenters. The van der Waals surface area contributed by atoms with E-state index in [2.05, 4.69) is 23.4 Å². The minimum absolute atomic E-state index is 0.0956. The van der Waals surface area contributed by atoms with E-state index in [9.17, 15) is 8.42 Å². The molecule has 142 valence electrons. The lowest BCUT2D eigenvalue weighted by Gasteiger charge is -2.31. The third kappa shape index (κ3) is 4.54. The topological polar surface area (TPSA) is 55.2 Å². The molecule has 1 saturated heterocycles. The molecule has 1 aliphatic heterocycles. The van der Waals surface area contributed by atoms with Crippen LogP contribution in [-0.2, 0) is 22.3 Å². The minimum Gasteiger partial charge on any atom is -0.334 e. The van der Waals surface area contributed by atoms with Crippen LogP contribution in [0, 0.1) is 12.8 Å². The molecular formula is C20H29N3O2S. The van der Waals surface area contributed by atoms with E-state index in [-0.39, 0.29) is 5.75 Å². The monoisotopic (exact) mass is 375 g/mol. The molecule has 1 aromatic carbocycles. The van der Waals surface area contributed by atoms with E-state index in [1.807, 2.05) is 43.6 Å². The highest BCUT2D eigenvalue weighted by Crippen LogP contribution is 2.24. The van der Waals surface area contributed by atoms with Gasteiger partial charge in [-0.3, -0.25) is 0 Å². The van der Waals surface area contributed by atoms with Gasteiger partial charge in [0, 0.05) is 37.9 Å². The van der Waals surface area contributed by atoms with Crippen molar-refractivity contribution in [3.63, 3.8) is 0 Å². The molecule has 2 aromatic rings. The summed E-state index contributed by atoms with van der Waals surface area (Å²) in [6.45, 7) is 8.45. The van der Waals surface area contributed by atoms with Crippen LogP contribution in [-0.4, -0.2) is 35.4 Å². The van der Waals surface area contributed by atoms with Gasteiger partial charge in [-0.25, -0.2) is 17.7 Å². The Kier molecular flexibility index (Phi) is 5.82. The second kappa shape index (κ2) is 7.92. The molecule has 5 nitrogen and oxygen atoms in total. The number of aromatic nitrogens is 2. The van der Waals surface area contributed by atoms with Crippen LogP contribution in [0.15, 0.2) is 36.7 Å². The van der Waals surface area contributed by atoms with Crippen LogP contribution < -0.4 is 0 Å². The molecule has 6 heteroatoms. The van der Waals surface area contributed by atoms with E-state index in [1.165, 1.54) is 0 Å². The van der Waals surface area contributed by atoms with Gasteiger partial charge in [-0.05, 0) is 31.2 Å². The van der Waals surface area contributed by atoms with Crippen molar-refractivity contribution in [2.75, 3.05) is 13.1 Å². The number of nitrogens with zero attached hydrogens (tertiary/aromatic N) is 3. The summed E-state index contributed by atoms with van der Waals surface area (Å²) >= 11 is 0. The Morgan fingerprint density at radius 3 is 2.62 bits per heavy atom. The Morgan fingerprint density at radius 1 is 1.23 bits per heavy atom. The standard InChI is InChI=1S/C20H29N3O2S/c1-16(2)20-21-9-12-22(20)14-18-7-10-23(11-8-18)26(24,25)15-19-6-4-5-17(3)13-19/h4-6,9,12-13,16,18H,7-8,10-11,14-15H2,1-3H3. The highest BCUT2D eigenvalue weighted by molar-refractivity contribution is 7.88. The zero-order valence-corrected chi connectivity index (χ0v) is 16.7. The van der Waals surface area contributed by atoms with Crippen molar-refractivity contribution in [2.45, 2.75) is 51.8 Å². The number of imidazole rings is 1. The molecule has 0 amide bonds. The highest BCUT2D eigenvalue weighted by Gasteiger charge is 2.28. The van der Waals surface area contributed by atoms with Crippen LogP contribution in [0.25, 0.3) is 0 Å². The van der Waals surface area contributed by atoms with Gasteiger partial charge in [0.25, 0.3) is 0 Å². The maximum absolute atomic E-state index is 12.7. The average Bonchev–Trinajstić information content (AvgIpc) is 3.03. The first-order valence-electron chi connectivity index (χ1n) is 9.39. The van der Waals surface area contributed by atoms with Gasteiger partial charge in [-0.2, -0.15) is 0 Å².